The number of carbonyl (C=O) groups is 1. The molecule has 3 rings (SSSR count). The van der Waals surface area contributed by atoms with E-state index in [-0.39, 0.29) is 5.60 Å². The predicted octanol–water partition coefficient (Wildman–Crippen LogP) is 3.10. The third-order valence-electron chi connectivity index (χ3n) is 4.63. The third-order valence-corrected chi connectivity index (χ3v) is 4.63. The standard InChI is InChI=1S/C14H22O2/c15-13(12-3-4-12)9-11-5-8-16-14(10-11)6-1-2-7-14/h11-12H,1-10H2. The summed E-state index contributed by atoms with van der Waals surface area (Å²) < 4.78 is 6.00. The number of rotatable bonds is 3. The summed E-state index contributed by atoms with van der Waals surface area (Å²) in [5.74, 6) is 1.61. The van der Waals surface area contributed by atoms with Crippen LogP contribution in [0.1, 0.15) is 57.8 Å². The maximum absolute atomic E-state index is 11.8. The summed E-state index contributed by atoms with van der Waals surface area (Å²) in [5, 5.41) is 0. The van der Waals surface area contributed by atoms with E-state index in [0.29, 0.717) is 17.6 Å². The Morgan fingerprint density at radius 3 is 2.62 bits per heavy atom. The molecule has 0 N–H and O–H groups in total. The molecule has 2 aliphatic carbocycles. The van der Waals surface area contributed by atoms with Gasteiger partial charge in [0.1, 0.15) is 5.78 Å². The van der Waals surface area contributed by atoms with Gasteiger partial charge in [-0.2, -0.15) is 0 Å². The first-order chi connectivity index (χ1) is 7.77. The van der Waals surface area contributed by atoms with Gasteiger partial charge in [0.05, 0.1) is 5.60 Å². The first kappa shape index (κ1) is 10.8. The Balaban J connectivity index is 1.56. The van der Waals surface area contributed by atoms with Gasteiger partial charge in [0.25, 0.3) is 0 Å². The van der Waals surface area contributed by atoms with Crippen molar-refractivity contribution in [3.8, 4) is 0 Å². The minimum Gasteiger partial charge on any atom is -0.375 e. The molecular weight excluding hydrogens is 200 g/mol. The van der Waals surface area contributed by atoms with Crippen molar-refractivity contribution in [2.75, 3.05) is 6.61 Å². The Kier molecular flexibility index (Phi) is 2.78. The van der Waals surface area contributed by atoms with Crippen molar-refractivity contribution in [1.29, 1.82) is 0 Å². The summed E-state index contributed by atoms with van der Waals surface area (Å²) in [6.07, 6.45) is 10.6. The fraction of sp³-hybridized carbons (Fsp3) is 0.929. The van der Waals surface area contributed by atoms with E-state index in [0.717, 1.165) is 38.7 Å². The molecule has 0 bridgehead atoms. The molecule has 3 fully saturated rings. The highest BCUT2D eigenvalue weighted by Gasteiger charge is 2.41. The topological polar surface area (TPSA) is 26.3 Å². The number of ether oxygens (including phenoxy) is 1. The van der Waals surface area contributed by atoms with Crippen molar-refractivity contribution in [2.24, 2.45) is 11.8 Å². The van der Waals surface area contributed by atoms with Crippen LogP contribution in [0.2, 0.25) is 0 Å². The van der Waals surface area contributed by atoms with Crippen LogP contribution in [0.5, 0.6) is 0 Å². The molecule has 2 nitrogen and oxygen atoms in total. The molecular formula is C14H22O2. The van der Waals surface area contributed by atoms with Crippen LogP contribution in [0.15, 0.2) is 0 Å². The fourth-order valence-corrected chi connectivity index (χ4v) is 3.53. The lowest BCUT2D eigenvalue weighted by molar-refractivity contribution is -0.125. The Bertz CT molecular complexity index is 274. The van der Waals surface area contributed by atoms with Crippen LogP contribution in [0, 0.1) is 11.8 Å². The zero-order valence-electron chi connectivity index (χ0n) is 10.0. The maximum Gasteiger partial charge on any atom is 0.136 e. The molecule has 1 spiro atoms. The van der Waals surface area contributed by atoms with E-state index < -0.39 is 0 Å². The highest BCUT2D eigenvalue weighted by molar-refractivity contribution is 5.83. The quantitative estimate of drug-likeness (QED) is 0.733. The molecule has 2 heteroatoms. The van der Waals surface area contributed by atoms with Crippen LogP contribution in [-0.2, 0) is 9.53 Å². The van der Waals surface area contributed by atoms with Crippen LogP contribution in [0.4, 0.5) is 0 Å². The van der Waals surface area contributed by atoms with Crippen LogP contribution in [-0.4, -0.2) is 18.0 Å². The lowest BCUT2D eigenvalue weighted by atomic mass is 9.81. The highest BCUT2D eigenvalue weighted by atomic mass is 16.5. The van der Waals surface area contributed by atoms with Gasteiger partial charge in [-0.05, 0) is 44.4 Å². The minimum absolute atomic E-state index is 0.187. The van der Waals surface area contributed by atoms with Crippen molar-refractivity contribution in [2.45, 2.75) is 63.4 Å². The first-order valence-electron chi connectivity index (χ1n) is 6.94. The summed E-state index contributed by atoms with van der Waals surface area (Å²) in [7, 11) is 0. The lowest BCUT2D eigenvalue weighted by Gasteiger charge is -2.38. The van der Waals surface area contributed by atoms with Crippen LogP contribution >= 0.6 is 0 Å². The van der Waals surface area contributed by atoms with Crippen molar-refractivity contribution in [3.05, 3.63) is 0 Å². The zero-order valence-corrected chi connectivity index (χ0v) is 10.0. The van der Waals surface area contributed by atoms with Gasteiger partial charge >= 0.3 is 0 Å². The van der Waals surface area contributed by atoms with Crippen LogP contribution in [0.25, 0.3) is 0 Å². The predicted molar refractivity (Wildman–Crippen MR) is 62.2 cm³/mol. The van der Waals surface area contributed by atoms with Gasteiger partial charge < -0.3 is 4.74 Å². The smallest absolute Gasteiger partial charge is 0.136 e. The van der Waals surface area contributed by atoms with Crippen LogP contribution in [0.3, 0.4) is 0 Å². The molecule has 0 aromatic rings. The van der Waals surface area contributed by atoms with E-state index >= 15 is 0 Å². The number of hydrogen-bond acceptors (Lipinski definition) is 2. The molecule has 1 unspecified atom stereocenters. The monoisotopic (exact) mass is 222 g/mol. The largest absolute Gasteiger partial charge is 0.375 e. The average Bonchev–Trinajstić information content (AvgIpc) is 3.03. The van der Waals surface area contributed by atoms with E-state index in [9.17, 15) is 4.79 Å². The molecule has 0 aromatic heterocycles. The Labute approximate surface area is 97.7 Å². The summed E-state index contributed by atoms with van der Waals surface area (Å²) in [6.45, 7) is 0.891. The van der Waals surface area contributed by atoms with Crippen molar-refractivity contribution in [3.63, 3.8) is 0 Å². The van der Waals surface area contributed by atoms with Gasteiger partial charge in [-0.1, -0.05) is 12.8 Å². The van der Waals surface area contributed by atoms with Gasteiger partial charge in [0.2, 0.25) is 0 Å². The second kappa shape index (κ2) is 4.14. The van der Waals surface area contributed by atoms with Crippen molar-refractivity contribution < 1.29 is 9.53 Å². The summed E-state index contributed by atoms with van der Waals surface area (Å²) in [5.41, 5.74) is 0.187. The van der Waals surface area contributed by atoms with Gasteiger partial charge in [-0.25, -0.2) is 0 Å². The molecule has 1 atom stereocenters. The molecule has 0 radical (unpaired) electrons. The molecule has 0 aromatic carbocycles. The van der Waals surface area contributed by atoms with Crippen LogP contribution < -0.4 is 0 Å². The first-order valence-corrected chi connectivity index (χ1v) is 6.94. The Morgan fingerprint density at radius 2 is 1.94 bits per heavy atom. The molecule has 1 saturated heterocycles. The zero-order chi connectivity index (χ0) is 11.0. The normalized spacial score (nSPS) is 33.1. The maximum atomic E-state index is 11.8. The van der Waals surface area contributed by atoms with E-state index in [1.807, 2.05) is 0 Å². The summed E-state index contributed by atoms with van der Waals surface area (Å²) >= 11 is 0. The van der Waals surface area contributed by atoms with E-state index in [2.05, 4.69) is 0 Å². The van der Waals surface area contributed by atoms with E-state index in [1.54, 1.807) is 0 Å². The second-order valence-corrected chi connectivity index (χ2v) is 6.04. The van der Waals surface area contributed by atoms with E-state index in [4.69, 9.17) is 4.74 Å². The van der Waals surface area contributed by atoms with Crippen molar-refractivity contribution in [1.82, 2.24) is 0 Å². The lowest BCUT2D eigenvalue weighted by Crippen LogP contribution is -2.37. The minimum atomic E-state index is 0.187. The Hall–Kier alpha value is -0.370. The van der Waals surface area contributed by atoms with Gasteiger partial charge in [-0.3, -0.25) is 4.79 Å². The molecule has 2 saturated carbocycles. The molecule has 90 valence electrons. The van der Waals surface area contributed by atoms with Gasteiger partial charge in [0, 0.05) is 18.9 Å². The molecule has 16 heavy (non-hydrogen) atoms. The fourth-order valence-electron chi connectivity index (χ4n) is 3.53. The molecule has 1 heterocycles. The highest BCUT2D eigenvalue weighted by Crippen LogP contribution is 2.43. The molecule has 1 aliphatic heterocycles. The number of hydrogen-bond donors (Lipinski definition) is 0. The van der Waals surface area contributed by atoms with E-state index in [1.165, 1.54) is 25.7 Å². The summed E-state index contributed by atoms with van der Waals surface area (Å²) in [4.78, 5) is 11.8. The molecule has 0 amide bonds. The number of ketones is 1. The Morgan fingerprint density at radius 1 is 1.19 bits per heavy atom. The number of carbonyl (C=O) groups excluding carboxylic acids is 1. The van der Waals surface area contributed by atoms with Gasteiger partial charge in [0.15, 0.2) is 0 Å². The summed E-state index contributed by atoms with van der Waals surface area (Å²) in [6, 6.07) is 0. The second-order valence-electron chi connectivity index (χ2n) is 6.04. The third kappa shape index (κ3) is 2.17. The average molecular weight is 222 g/mol. The SMILES string of the molecule is O=C(CC1CCOC2(CCCC2)C1)C1CC1. The van der Waals surface area contributed by atoms with Crippen molar-refractivity contribution >= 4 is 5.78 Å². The molecule has 3 aliphatic rings. The number of Topliss-reactive ketones (excluding diaryl/α,β-unsaturated/α-hetero) is 1. The van der Waals surface area contributed by atoms with Gasteiger partial charge in [-0.15, -0.1) is 0 Å².